The molecule has 1 aliphatic carbocycles. The summed E-state index contributed by atoms with van der Waals surface area (Å²) in [6.45, 7) is 1.97. The molecule has 7 nitrogen and oxygen atoms in total. The van der Waals surface area contributed by atoms with E-state index in [1.807, 2.05) is 12.1 Å². The molecule has 2 aromatic rings. The summed E-state index contributed by atoms with van der Waals surface area (Å²) in [5, 5.41) is 11.2. The van der Waals surface area contributed by atoms with Crippen molar-refractivity contribution in [2.24, 2.45) is 0 Å². The van der Waals surface area contributed by atoms with Gasteiger partial charge in [-0.3, -0.25) is 14.9 Å². The van der Waals surface area contributed by atoms with E-state index >= 15 is 0 Å². The second kappa shape index (κ2) is 7.65. The average molecular weight is 370 g/mol. The second-order valence-electron chi connectivity index (χ2n) is 6.55. The zero-order valence-electron chi connectivity index (χ0n) is 15.6. The Bertz CT molecular complexity index is 877. The predicted molar refractivity (Wildman–Crippen MR) is 100 cm³/mol. The van der Waals surface area contributed by atoms with E-state index < -0.39 is 4.92 Å². The van der Waals surface area contributed by atoms with E-state index in [2.05, 4.69) is 0 Å². The van der Waals surface area contributed by atoms with Crippen LogP contribution >= 0.6 is 0 Å². The molecule has 1 fully saturated rings. The van der Waals surface area contributed by atoms with Crippen LogP contribution in [0.15, 0.2) is 36.4 Å². The van der Waals surface area contributed by atoms with Gasteiger partial charge in [0.25, 0.3) is 11.6 Å². The smallest absolute Gasteiger partial charge is 0.273 e. The van der Waals surface area contributed by atoms with Gasteiger partial charge >= 0.3 is 0 Å². The molecular weight excluding hydrogens is 348 g/mol. The summed E-state index contributed by atoms with van der Waals surface area (Å²) in [6.07, 6.45) is 1.85. The minimum atomic E-state index is -0.460. The van der Waals surface area contributed by atoms with E-state index in [1.54, 1.807) is 44.2 Å². The lowest BCUT2D eigenvalue weighted by molar-refractivity contribution is -0.385. The van der Waals surface area contributed by atoms with Crippen molar-refractivity contribution in [3.05, 3.63) is 63.2 Å². The van der Waals surface area contributed by atoms with Crippen molar-refractivity contribution in [1.29, 1.82) is 0 Å². The van der Waals surface area contributed by atoms with Crippen molar-refractivity contribution in [1.82, 2.24) is 4.90 Å². The second-order valence-corrected chi connectivity index (χ2v) is 6.55. The van der Waals surface area contributed by atoms with Gasteiger partial charge in [0.1, 0.15) is 11.5 Å². The van der Waals surface area contributed by atoms with E-state index in [9.17, 15) is 14.9 Å². The van der Waals surface area contributed by atoms with Crippen molar-refractivity contribution in [2.45, 2.75) is 32.4 Å². The van der Waals surface area contributed by atoms with E-state index in [1.165, 1.54) is 6.07 Å². The number of methoxy groups -OCH3 is 2. The topological polar surface area (TPSA) is 81.9 Å². The number of rotatable bonds is 7. The molecule has 27 heavy (non-hydrogen) atoms. The van der Waals surface area contributed by atoms with Crippen LogP contribution in [0.25, 0.3) is 0 Å². The SMILES string of the molecule is COc1ccc(OC)c(CN(C(=O)c2cccc([N+](=O)[O-])c2C)C2CC2)c1. The number of nitro groups is 1. The van der Waals surface area contributed by atoms with Crippen LogP contribution in [0.4, 0.5) is 5.69 Å². The summed E-state index contributed by atoms with van der Waals surface area (Å²) < 4.78 is 10.7. The predicted octanol–water partition coefficient (Wildman–Crippen LogP) is 3.73. The highest BCUT2D eigenvalue weighted by atomic mass is 16.6. The first-order valence-corrected chi connectivity index (χ1v) is 8.72. The maximum atomic E-state index is 13.2. The minimum absolute atomic E-state index is 0.0458. The molecule has 2 aromatic carbocycles. The van der Waals surface area contributed by atoms with Gasteiger partial charge in [-0.25, -0.2) is 0 Å². The lowest BCUT2D eigenvalue weighted by Crippen LogP contribution is -2.33. The molecule has 0 bridgehead atoms. The molecule has 0 spiro atoms. The number of hydrogen-bond donors (Lipinski definition) is 0. The quantitative estimate of drug-likeness (QED) is 0.548. The van der Waals surface area contributed by atoms with E-state index in [4.69, 9.17) is 9.47 Å². The van der Waals surface area contributed by atoms with Gasteiger partial charge < -0.3 is 14.4 Å². The molecule has 0 aromatic heterocycles. The Morgan fingerprint density at radius 1 is 1.22 bits per heavy atom. The molecule has 3 rings (SSSR count). The Hall–Kier alpha value is -3.09. The maximum Gasteiger partial charge on any atom is 0.273 e. The van der Waals surface area contributed by atoms with Gasteiger partial charge in [-0.1, -0.05) is 6.07 Å². The van der Waals surface area contributed by atoms with Gasteiger partial charge in [-0.2, -0.15) is 0 Å². The van der Waals surface area contributed by atoms with Crippen molar-refractivity contribution in [2.75, 3.05) is 14.2 Å². The fraction of sp³-hybridized carbons (Fsp3) is 0.350. The molecule has 0 saturated heterocycles. The fourth-order valence-corrected chi connectivity index (χ4v) is 3.15. The zero-order chi connectivity index (χ0) is 19.6. The molecule has 0 heterocycles. The molecule has 7 heteroatoms. The molecule has 0 N–H and O–H groups in total. The average Bonchev–Trinajstić information content (AvgIpc) is 3.50. The molecule has 0 atom stereocenters. The standard InChI is InChI=1S/C20H22N2O5/c1-13-17(5-4-6-18(13)22(24)25)20(23)21(15-7-8-15)12-14-11-16(26-2)9-10-19(14)27-3/h4-6,9-11,15H,7-8,12H2,1-3H3. The monoisotopic (exact) mass is 370 g/mol. The third-order valence-corrected chi connectivity index (χ3v) is 4.81. The van der Waals surface area contributed by atoms with Crippen LogP contribution in [0.2, 0.25) is 0 Å². The third kappa shape index (κ3) is 3.86. The van der Waals surface area contributed by atoms with Gasteiger partial charge in [0.15, 0.2) is 0 Å². The molecule has 1 amide bonds. The molecule has 1 saturated carbocycles. The Balaban J connectivity index is 1.95. The summed E-state index contributed by atoms with van der Waals surface area (Å²) >= 11 is 0. The number of nitro benzene ring substituents is 1. The van der Waals surface area contributed by atoms with Crippen LogP contribution in [-0.2, 0) is 6.54 Å². The number of hydrogen-bond acceptors (Lipinski definition) is 5. The summed E-state index contributed by atoms with van der Waals surface area (Å²) in [5.74, 6) is 1.15. The van der Waals surface area contributed by atoms with Crippen molar-refractivity contribution >= 4 is 11.6 Å². The number of nitrogens with zero attached hydrogens (tertiary/aromatic N) is 2. The van der Waals surface area contributed by atoms with Gasteiger partial charge in [-0.05, 0) is 44.0 Å². The van der Waals surface area contributed by atoms with Crippen molar-refractivity contribution < 1.29 is 19.2 Å². The van der Waals surface area contributed by atoms with Gasteiger partial charge in [0.05, 0.1) is 25.7 Å². The molecule has 0 unspecified atom stereocenters. The molecule has 0 radical (unpaired) electrons. The van der Waals surface area contributed by atoms with Crippen LogP contribution < -0.4 is 9.47 Å². The molecule has 0 aliphatic heterocycles. The maximum absolute atomic E-state index is 13.2. The van der Waals surface area contributed by atoms with Gasteiger partial charge in [0, 0.05) is 28.8 Å². The van der Waals surface area contributed by atoms with Gasteiger partial charge in [-0.15, -0.1) is 0 Å². The Kier molecular flexibility index (Phi) is 5.30. The lowest BCUT2D eigenvalue weighted by Gasteiger charge is -2.24. The number of benzene rings is 2. The number of carbonyl (C=O) groups is 1. The number of ether oxygens (including phenoxy) is 2. The van der Waals surface area contributed by atoms with Crippen LogP contribution in [-0.4, -0.2) is 36.0 Å². The van der Waals surface area contributed by atoms with E-state index in [0.717, 1.165) is 18.4 Å². The zero-order valence-corrected chi connectivity index (χ0v) is 15.6. The van der Waals surface area contributed by atoms with Crippen LogP contribution in [0.3, 0.4) is 0 Å². The minimum Gasteiger partial charge on any atom is -0.497 e. The van der Waals surface area contributed by atoms with Crippen LogP contribution in [0.5, 0.6) is 11.5 Å². The highest BCUT2D eigenvalue weighted by Gasteiger charge is 2.35. The lowest BCUT2D eigenvalue weighted by atomic mass is 10.0. The van der Waals surface area contributed by atoms with Crippen LogP contribution in [0, 0.1) is 17.0 Å². The Morgan fingerprint density at radius 2 is 1.96 bits per heavy atom. The summed E-state index contributed by atoms with van der Waals surface area (Å²) in [4.78, 5) is 25.7. The van der Waals surface area contributed by atoms with E-state index in [0.29, 0.717) is 29.2 Å². The number of amides is 1. The highest BCUT2D eigenvalue weighted by molar-refractivity contribution is 5.97. The first kappa shape index (κ1) is 18.7. The van der Waals surface area contributed by atoms with Crippen molar-refractivity contribution in [3.63, 3.8) is 0 Å². The first-order chi connectivity index (χ1) is 13.0. The third-order valence-electron chi connectivity index (χ3n) is 4.81. The largest absolute Gasteiger partial charge is 0.497 e. The summed E-state index contributed by atoms with van der Waals surface area (Å²) in [5.41, 5.74) is 1.53. The molecular formula is C20H22N2O5. The van der Waals surface area contributed by atoms with Crippen LogP contribution in [0.1, 0.15) is 34.3 Å². The van der Waals surface area contributed by atoms with E-state index in [-0.39, 0.29) is 17.6 Å². The normalized spacial score (nSPS) is 13.1. The molecule has 142 valence electrons. The Labute approximate surface area is 157 Å². The summed E-state index contributed by atoms with van der Waals surface area (Å²) in [6, 6.07) is 10.2. The fourth-order valence-electron chi connectivity index (χ4n) is 3.15. The van der Waals surface area contributed by atoms with Crippen molar-refractivity contribution in [3.8, 4) is 11.5 Å². The summed E-state index contributed by atoms with van der Waals surface area (Å²) in [7, 11) is 3.17. The Morgan fingerprint density at radius 3 is 2.56 bits per heavy atom. The number of carbonyl (C=O) groups excluding carboxylic acids is 1. The first-order valence-electron chi connectivity index (χ1n) is 8.72. The van der Waals surface area contributed by atoms with Gasteiger partial charge in [0.2, 0.25) is 0 Å². The molecule has 1 aliphatic rings. The highest BCUT2D eigenvalue weighted by Crippen LogP contribution is 2.34.